The van der Waals surface area contributed by atoms with Gasteiger partial charge in [0.2, 0.25) is 0 Å². The van der Waals surface area contributed by atoms with Crippen molar-refractivity contribution in [1.29, 1.82) is 0 Å². The summed E-state index contributed by atoms with van der Waals surface area (Å²) in [4.78, 5) is 4.55. The van der Waals surface area contributed by atoms with Crippen LogP contribution < -0.4 is 9.47 Å². The molecular weight excluding hydrogens is 392 g/mol. The van der Waals surface area contributed by atoms with E-state index in [-0.39, 0.29) is 0 Å². The monoisotopic (exact) mass is 428 g/mol. The first-order valence-electron chi connectivity index (χ1n) is 11.2. The van der Waals surface area contributed by atoms with Crippen molar-refractivity contribution in [3.63, 3.8) is 0 Å². The van der Waals surface area contributed by atoms with E-state index in [4.69, 9.17) is 9.47 Å². The van der Waals surface area contributed by atoms with Crippen LogP contribution in [0, 0.1) is 13.8 Å². The summed E-state index contributed by atoms with van der Waals surface area (Å²) >= 11 is 0. The first-order chi connectivity index (χ1) is 15.0. The van der Waals surface area contributed by atoms with Gasteiger partial charge in [0, 0.05) is 26.2 Å². The van der Waals surface area contributed by atoms with Crippen LogP contribution in [0.1, 0.15) is 17.5 Å². The molecule has 2 atom stereocenters. The summed E-state index contributed by atoms with van der Waals surface area (Å²) in [5.41, 5.74) is 2.38. The molecule has 6 nitrogen and oxygen atoms in total. The number of hydrogen-bond donors (Lipinski definition) is 2. The van der Waals surface area contributed by atoms with Crippen molar-refractivity contribution >= 4 is 0 Å². The van der Waals surface area contributed by atoms with Crippen molar-refractivity contribution in [2.24, 2.45) is 0 Å². The molecule has 3 rings (SSSR count). The third kappa shape index (κ3) is 8.50. The second-order valence-electron chi connectivity index (χ2n) is 8.51. The molecule has 1 aliphatic heterocycles. The van der Waals surface area contributed by atoms with Gasteiger partial charge in [0.1, 0.15) is 36.9 Å². The van der Waals surface area contributed by atoms with E-state index >= 15 is 0 Å². The third-order valence-corrected chi connectivity index (χ3v) is 5.55. The lowest BCUT2D eigenvalue weighted by Gasteiger charge is -2.25. The molecule has 0 spiro atoms. The fraction of sp³-hybridized carbons (Fsp3) is 0.520. The number of aryl methyl sites for hydroxylation is 2. The number of β-amino-alcohol motifs (C(OH)–C–C–N with tert-alkyl or cyclic N) is 2. The average Bonchev–Trinajstić information content (AvgIpc) is 2.98. The van der Waals surface area contributed by atoms with E-state index in [1.807, 2.05) is 62.4 Å². The lowest BCUT2D eigenvalue weighted by Crippen LogP contribution is -2.40. The average molecular weight is 429 g/mol. The first kappa shape index (κ1) is 23.5. The zero-order valence-electron chi connectivity index (χ0n) is 18.7. The van der Waals surface area contributed by atoms with Gasteiger partial charge in [0.25, 0.3) is 0 Å². The lowest BCUT2D eigenvalue weighted by molar-refractivity contribution is 0.0617. The number of rotatable bonds is 10. The predicted octanol–water partition coefficient (Wildman–Crippen LogP) is 2.49. The number of benzene rings is 2. The SMILES string of the molecule is Cc1ccc(OCC(O)CN2CCCN(CC(O)COc3ccc(C)cc3)CC2)cc1. The van der Waals surface area contributed by atoms with Crippen LogP contribution >= 0.6 is 0 Å². The Morgan fingerprint density at radius 1 is 0.677 bits per heavy atom. The molecule has 1 aliphatic rings. The zero-order chi connectivity index (χ0) is 22.1. The summed E-state index contributed by atoms with van der Waals surface area (Å²) in [6, 6.07) is 15.7. The van der Waals surface area contributed by atoms with Crippen LogP contribution in [0.3, 0.4) is 0 Å². The first-order valence-corrected chi connectivity index (χ1v) is 11.2. The highest BCUT2D eigenvalue weighted by Crippen LogP contribution is 2.13. The number of aliphatic hydroxyl groups excluding tert-OH is 2. The van der Waals surface area contributed by atoms with Crippen LogP contribution in [0.25, 0.3) is 0 Å². The van der Waals surface area contributed by atoms with E-state index in [9.17, 15) is 10.2 Å². The Morgan fingerprint density at radius 3 is 1.45 bits per heavy atom. The summed E-state index contributed by atoms with van der Waals surface area (Å²) in [5, 5.41) is 20.8. The standard InChI is InChI=1S/C25H36N2O4/c1-20-4-8-24(9-5-20)30-18-22(28)16-26-12-3-13-27(15-14-26)17-23(29)19-31-25-10-6-21(2)7-11-25/h4-11,22-23,28-29H,3,12-19H2,1-2H3. The Hall–Kier alpha value is -2.12. The van der Waals surface area contributed by atoms with Gasteiger partial charge >= 0.3 is 0 Å². The van der Waals surface area contributed by atoms with E-state index in [2.05, 4.69) is 9.80 Å². The summed E-state index contributed by atoms with van der Waals surface area (Å²) in [5.74, 6) is 1.57. The van der Waals surface area contributed by atoms with Gasteiger partial charge in [-0.2, -0.15) is 0 Å². The number of ether oxygens (including phenoxy) is 2. The minimum atomic E-state index is -0.527. The van der Waals surface area contributed by atoms with Crippen LogP contribution in [0.2, 0.25) is 0 Å². The van der Waals surface area contributed by atoms with E-state index < -0.39 is 12.2 Å². The normalized spacial score (nSPS) is 17.7. The van der Waals surface area contributed by atoms with E-state index in [1.54, 1.807) is 0 Å². The fourth-order valence-corrected chi connectivity index (χ4v) is 3.74. The molecular formula is C25H36N2O4. The van der Waals surface area contributed by atoms with Gasteiger partial charge in [-0.05, 0) is 57.6 Å². The van der Waals surface area contributed by atoms with Crippen LogP contribution in [-0.2, 0) is 0 Å². The molecule has 1 heterocycles. The third-order valence-electron chi connectivity index (χ3n) is 5.55. The van der Waals surface area contributed by atoms with Crippen LogP contribution in [0.5, 0.6) is 11.5 Å². The van der Waals surface area contributed by atoms with Gasteiger partial charge in [-0.1, -0.05) is 35.4 Å². The van der Waals surface area contributed by atoms with Gasteiger partial charge in [-0.3, -0.25) is 9.80 Å². The molecule has 0 amide bonds. The van der Waals surface area contributed by atoms with Crippen LogP contribution in [0.15, 0.2) is 48.5 Å². The zero-order valence-corrected chi connectivity index (χ0v) is 18.7. The van der Waals surface area contributed by atoms with Gasteiger partial charge < -0.3 is 19.7 Å². The largest absolute Gasteiger partial charge is 0.491 e. The van der Waals surface area contributed by atoms with Gasteiger partial charge in [-0.25, -0.2) is 0 Å². The molecule has 2 aromatic rings. The molecule has 1 saturated heterocycles. The predicted molar refractivity (Wildman–Crippen MR) is 123 cm³/mol. The van der Waals surface area contributed by atoms with E-state index in [0.717, 1.165) is 44.1 Å². The minimum absolute atomic E-state index is 0.290. The summed E-state index contributed by atoms with van der Waals surface area (Å²) < 4.78 is 11.4. The Morgan fingerprint density at radius 2 is 1.06 bits per heavy atom. The van der Waals surface area contributed by atoms with Gasteiger partial charge in [-0.15, -0.1) is 0 Å². The lowest BCUT2D eigenvalue weighted by atomic mass is 10.2. The molecule has 2 aromatic carbocycles. The summed E-state index contributed by atoms with van der Waals surface area (Å²) in [7, 11) is 0. The summed E-state index contributed by atoms with van der Waals surface area (Å²) in [6.07, 6.45) is -0.0421. The van der Waals surface area contributed by atoms with Crippen molar-refractivity contribution in [3.05, 3.63) is 59.7 Å². The topological polar surface area (TPSA) is 65.4 Å². The molecule has 0 aromatic heterocycles. The maximum atomic E-state index is 10.4. The molecule has 0 saturated carbocycles. The molecule has 6 heteroatoms. The number of hydrogen-bond acceptors (Lipinski definition) is 6. The molecule has 2 unspecified atom stereocenters. The number of nitrogens with zero attached hydrogens (tertiary/aromatic N) is 2. The molecule has 1 fully saturated rings. The Kier molecular flexibility index (Phi) is 9.15. The molecule has 170 valence electrons. The Labute approximate surface area is 186 Å². The molecule has 0 bridgehead atoms. The second-order valence-corrected chi connectivity index (χ2v) is 8.51. The van der Waals surface area contributed by atoms with Crippen molar-refractivity contribution in [2.45, 2.75) is 32.5 Å². The highest BCUT2D eigenvalue weighted by atomic mass is 16.5. The molecule has 31 heavy (non-hydrogen) atoms. The highest BCUT2D eigenvalue weighted by Gasteiger charge is 2.20. The van der Waals surface area contributed by atoms with Crippen LogP contribution in [0.4, 0.5) is 0 Å². The Bertz CT molecular complexity index is 701. The smallest absolute Gasteiger partial charge is 0.119 e. The Balaban J connectivity index is 1.34. The quantitative estimate of drug-likeness (QED) is 0.606. The molecule has 0 aliphatic carbocycles. The maximum absolute atomic E-state index is 10.4. The van der Waals surface area contributed by atoms with Gasteiger partial charge in [0.15, 0.2) is 0 Å². The van der Waals surface area contributed by atoms with Crippen LogP contribution in [-0.4, -0.2) is 84.7 Å². The second kappa shape index (κ2) is 12.1. The summed E-state index contributed by atoms with van der Waals surface area (Å²) in [6.45, 7) is 9.46. The minimum Gasteiger partial charge on any atom is -0.491 e. The van der Waals surface area contributed by atoms with Crippen molar-refractivity contribution in [3.8, 4) is 11.5 Å². The highest BCUT2D eigenvalue weighted by molar-refractivity contribution is 5.27. The van der Waals surface area contributed by atoms with Gasteiger partial charge in [0.05, 0.1) is 0 Å². The number of aliphatic hydroxyl groups is 2. The van der Waals surface area contributed by atoms with Crippen molar-refractivity contribution < 1.29 is 19.7 Å². The van der Waals surface area contributed by atoms with E-state index in [1.165, 1.54) is 11.1 Å². The maximum Gasteiger partial charge on any atom is 0.119 e. The molecule has 2 N–H and O–H groups in total. The van der Waals surface area contributed by atoms with E-state index in [0.29, 0.717) is 26.3 Å². The van der Waals surface area contributed by atoms with Crippen molar-refractivity contribution in [2.75, 3.05) is 52.5 Å². The van der Waals surface area contributed by atoms with Crippen molar-refractivity contribution in [1.82, 2.24) is 9.80 Å². The fourth-order valence-electron chi connectivity index (χ4n) is 3.74. The molecule has 0 radical (unpaired) electrons.